The summed E-state index contributed by atoms with van der Waals surface area (Å²) >= 11 is 0. The van der Waals surface area contributed by atoms with Crippen molar-refractivity contribution in [2.75, 3.05) is 18.5 Å². The first kappa shape index (κ1) is 22.6. The minimum atomic E-state index is -0.889. The fraction of sp³-hybridized carbons (Fsp3) is 0.308. The smallest absolute Gasteiger partial charge is 0.414 e. The molecule has 1 aromatic heterocycles. The molecule has 0 bridgehead atoms. The van der Waals surface area contributed by atoms with Gasteiger partial charge in [-0.3, -0.25) is 14.9 Å². The zero-order valence-corrected chi connectivity index (χ0v) is 19.0. The molecule has 1 aliphatic heterocycles. The third-order valence-electron chi connectivity index (χ3n) is 6.63. The molecule has 1 aliphatic carbocycles. The molecule has 5 rings (SSSR count). The van der Waals surface area contributed by atoms with Crippen LogP contribution in [0.3, 0.4) is 0 Å². The van der Waals surface area contributed by atoms with Gasteiger partial charge < -0.3 is 19.3 Å². The Morgan fingerprint density at radius 1 is 1.09 bits per heavy atom. The number of rotatable bonds is 7. The molecule has 1 unspecified atom stereocenters. The van der Waals surface area contributed by atoms with E-state index >= 15 is 0 Å². The van der Waals surface area contributed by atoms with Crippen molar-refractivity contribution in [2.45, 2.75) is 37.6 Å². The Kier molecular flexibility index (Phi) is 6.22. The van der Waals surface area contributed by atoms with Crippen molar-refractivity contribution < 1.29 is 28.8 Å². The average Bonchev–Trinajstić information content (AvgIpc) is 3.59. The summed E-state index contributed by atoms with van der Waals surface area (Å²) in [7, 11) is 0. The number of benzene rings is 2. The normalized spacial score (nSPS) is 16.6. The van der Waals surface area contributed by atoms with Crippen LogP contribution in [0.4, 0.5) is 10.7 Å². The number of carboxylic acids is 1. The monoisotopic (exact) mass is 475 g/mol. The minimum absolute atomic E-state index is 0.00184. The van der Waals surface area contributed by atoms with Crippen molar-refractivity contribution in [1.82, 2.24) is 10.1 Å². The van der Waals surface area contributed by atoms with Crippen LogP contribution in [0.1, 0.15) is 53.2 Å². The molecule has 2 aromatic carbocycles. The zero-order valence-electron chi connectivity index (χ0n) is 19.0. The van der Waals surface area contributed by atoms with Gasteiger partial charge in [0.2, 0.25) is 5.88 Å². The van der Waals surface area contributed by atoms with E-state index in [1.54, 1.807) is 4.90 Å². The fourth-order valence-corrected chi connectivity index (χ4v) is 5.01. The van der Waals surface area contributed by atoms with Gasteiger partial charge in [-0.05, 0) is 41.5 Å². The number of nitrogens with one attached hydrogen (secondary N) is 1. The van der Waals surface area contributed by atoms with E-state index in [-0.39, 0.29) is 42.5 Å². The molecule has 180 valence electrons. The van der Waals surface area contributed by atoms with Gasteiger partial charge >= 0.3 is 12.1 Å². The number of fused-ring (bicyclic) bond motifs is 3. The van der Waals surface area contributed by atoms with E-state index in [9.17, 15) is 14.4 Å². The number of likely N-dealkylation sites (tertiary alicyclic amines) is 1. The topological polar surface area (TPSA) is 122 Å². The molecular formula is C26H25N3O6. The average molecular weight is 476 g/mol. The molecule has 2 N–H and O–H groups in total. The molecule has 9 nitrogen and oxygen atoms in total. The Hall–Kier alpha value is -4.14. The molecule has 1 atom stereocenters. The quantitative estimate of drug-likeness (QED) is 0.516. The Bertz CT molecular complexity index is 1220. The number of hydrogen-bond donors (Lipinski definition) is 2. The maximum atomic E-state index is 12.8. The van der Waals surface area contributed by atoms with Gasteiger partial charge in [-0.25, -0.2) is 4.79 Å². The molecule has 1 saturated heterocycles. The molecule has 0 radical (unpaired) electrons. The standard InChI is InChI=1S/C26H25N3O6/c30-24(31)12-11-16-6-5-13-29(16)25(32)22-14-23(35-28-22)27-26(33)34-15-21-19-9-3-1-7-17(19)18-8-2-4-10-20(18)21/h1-4,7-10,14,16,21H,5-6,11-13,15H2,(H,27,33)(H,30,31). The maximum Gasteiger partial charge on any atom is 0.414 e. The van der Waals surface area contributed by atoms with Crippen molar-refractivity contribution in [2.24, 2.45) is 0 Å². The number of carboxylic acid groups (broad SMARTS) is 1. The highest BCUT2D eigenvalue weighted by Gasteiger charge is 2.32. The summed E-state index contributed by atoms with van der Waals surface area (Å²) in [4.78, 5) is 37.8. The van der Waals surface area contributed by atoms with Gasteiger partial charge in [0, 0.05) is 31.0 Å². The summed E-state index contributed by atoms with van der Waals surface area (Å²) < 4.78 is 10.6. The summed E-state index contributed by atoms with van der Waals surface area (Å²) in [6.45, 7) is 0.684. The van der Waals surface area contributed by atoms with Crippen LogP contribution in [-0.2, 0) is 9.53 Å². The number of aliphatic carboxylic acids is 1. The molecule has 0 spiro atoms. The first-order valence-electron chi connectivity index (χ1n) is 11.6. The summed E-state index contributed by atoms with van der Waals surface area (Å²) in [5, 5.41) is 15.2. The number of hydrogen-bond acceptors (Lipinski definition) is 6. The van der Waals surface area contributed by atoms with Crippen LogP contribution in [0.15, 0.2) is 59.1 Å². The van der Waals surface area contributed by atoms with Crippen LogP contribution in [-0.4, -0.2) is 52.3 Å². The van der Waals surface area contributed by atoms with E-state index in [1.807, 2.05) is 36.4 Å². The fourth-order valence-electron chi connectivity index (χ4n) is 5.01. The lowest BCUT2D eigenvalue weighted by molar-refractivity contribution is -0.137. The van der Waals surface area contributed by atoms with Crippen LogP contribution < -0.4 is 5.32 Å². The van der Waals surface area contributed by atoms with E-state index in [0.29, 0.717) is 13.0 Å². The second-order valence-corrected chi connectivity index (χ2v) is 8.75. The van der Waals surface area contributed by atoms with Gasteiger partial charge in [0.15, 0.2) is 5.69 Å². The number of nitrogens with zero attached hydrogens (tertiary/aromatic N) is 2. The van der Waals surface area contributed by atoms with Crippen LogP contribution in [0.25, 0.3) is 11.1 Å². The Morgan fingerprint density at radius 3 is 2.46 bits per heavy atom. The molecule has 9 heteroatoms. The van der Waals surface area contributed by atoms with Crippen molar-refractivity contribution in [3.8, 4) is 11.1 Å². The second-order valence-electron chi connectivity index (χ2n) is 8.75. The highest BCUT2D eigenvalue weighted by molar-refractivity contribution is 5.94. The Morgan fingerprint density at radius 2 is 1.77 bits per heavy atom. The van der Waals surface area contributed by atoms with Crippen molar-refractivity contribution >= 4 is 23.9 Å². The first-order valence-corrected chi connectivity index (χ1v) is 11.6. The van der Waals surface area contributed by atoms with Gasteiger partial charge in [0.1, 0.15) is 6.61 Å². The summed E-state index contributed by atoms with van der Waals surface area (Å²) in [5.74, 6) is -1.30. The third kappa shape index (κ3) is 4.62. The molecule has 1 fully saturated rings. The van der Waals surface area contributed by atoms with E-state index in [2.05, 4.69) is 22.6 Å². The van der Waals surface area contributed by atoms with Crippen LogP contribution in [0.5, 0.6) is 0 Å². The summed E-state index contributed by atoms with van der Waals surface area (Å²) in [6.07, 6.45) is 1.24. The van der Waals surface area contributed by atoms with E-state index in [4.69, 9.17) is 14.4 Å². The third-order valence-corrected chi connectivity index (χ3v) is 6.63. The van der Waals surface area contributed by atoms with Crippen molar-refractivity contribution in [1.29, 1.82) is 0 Å². The van der Waals surface area contributed by atoms with Gasteiger partial charge in [0.25, 0.3) is 5.91 Å². The van der Waals surface area contributed by atoms with E-state index < -0.39 is 12.1 Å². The number of anilines is 1. The predicted octanol–water partition coefficient (Wildman–Crippen LogP) is 4.51. The maximum absolute atomic E-state index is 12.8. The van der Waals surface area contributed by atoms with Gasteiger partial charge in [-0.2, -0.15) is 0 Å². The van der Waals surface area contributed by atoms with E-state index in [1.165, 1.54) is 6.07 Å². The molecule has 3 aromatic rings. The highest BCUT2D eigenvalue weighted by atomic mass is 16.6. The Balaban J connectivity index is 1.20. The number of carbonyl (C=O) groups excluding carboxylic acids is 2. The SMILES string of the molecule is O=C(O)CCC1CCCN1C(=O)c1cc(NC(=O)OCC2c3ccccc3-c3ccccc32)on1. The van der Waals surface area contributed by atoms with Crippen molar-refractivity contribution in [3.05, 3.63) is 71.4 Å². The predicted molar refractivity (Wildman–Crippen MR) is 126 cm³/mol. The zero-order chi connectivity index (χ0) is 24.4. The van der Waals surface area contributed by atoms with Gasteiger partial charge in [0.05, 0.1) is 0 Å². The number of aromatic nitrogens is 1. The second kappa shape index (κ2) is 9.61. The van der Waals surface area contributed by atoms with Crippen LogP contribution >= 0.6 is 0 Å². The van der Waals surface area contributed by atoms with Crippen LogP contribution in [0.2, 0.25) is 0 Å². The summed E-state index contributed by atoms with van der Waals surface area (Å²) in [5.41, 5.74) is 4.55. The molecule has 2 heterocycles. The number of carbonyl (C=O) groups is 3. The highest BCUT2D eigenvalue weighted by Crippen LogP contribution is 2.44. The molecule has 2 aliphatic rings. The number of amides is 2. The van der Waals surface area contributed by atoms with E-state index in [0.717, 1.165) is 35.1 Å². The summed E-state index contributed by atoms with van der Waals surface area (Å²) in [6, 6.07) is 17.3. The van der Waals surface area contributed by atoms with Gasteiger partial charge in [-0.15, -0.1) is 0 Å². The first-order chi connectivity index (χ1) is 17.0. The number of ether oxygens (including phenoxy) is 1. The Labute approximate surface area is 201 Å². The lowest BCUT2D eigenvalue weighted by Gasteiger charge is -2.23. The molecule has 35 heavy (non-hydrogen) atoms. The van der Waals surface area contributed by atoms with Gasteiger partial charge in [-0.1, -0.05) is 53.7 Å². The largest absolute Gasteiger partial charge is 0.481 e. The molecule has 2 amide bonds. The lowest BCUT2D eigenvalue weighted by Crippen LogP contribution is -2.36. The molecular weight excluding hydrogens is 450 g/mol. The van der Waals surface area contributed by atoms with Crippen molar-refractivity contribution in [3.63, 3.8) is 0 Å². The lowest BCUT2D eigenvalue weighted by atomic mass is 9.98. The van der Waals surface area contributed by atoms with Crippen LogP contribution in [0, 0.1) is 0 Å². The minimum Gasteiger partial charge on any atom is -0.481 e. The molecule has 0 saturated carbocycles.